The molecule has 6 N–H and O–H groups in total. The van der Waals surface area contributed by atoms with E-state index in [1.807, 2.05) is 0 Å². The van der Waals surface area contributed by atoms with Crippen molar-refractivity contribution in [2.75, 3.05) is 18.9 Å². The van der Waals surface area contributed by atoms with Crippen molar-refractivity contribution < 1.29 is 43.6 Å². The summed E-state index contributed by atoms with van der Waals surface area (Å²) in [6.07, 6.45) is -4.01. The third-order valence-corrected chi connectivity index (χ3v) is 5.35. The molecule has 5 atom stereocenters. The first-order chi connectivity index (χ1) is 14.0. The highest BCUT2D eigenvalue weighted by molar-refractivity contribution is 7.53. The standard InChI is InChI=1S/C15H22N5O9P/c1-3-27-14(23)15(30(24,25)26)28-4-7-9(21)10(22)13(29-7)20-5-17-8-11(16)18-6(2)19-12(8)20/h5,7,9-10,13,15,21-22H,3-4H2,1-2H3,(H2,16,18,19)(H2,24,25,26)/t7-,9-,10-,13-,15-/m1/s1. The number of fused-ring (bicyclic) bond motifs is 1. The summed E-state index contributed by atoms with van der Waals surface area (Å²) in [5, 5.41) is 20.7. The molecule has 166 valence electrons. The number of imidazole rings is 1. The Labute approximate surface area is 169 Å². The van der Waals surface area contributed by atoms with Crippen molar-refractivity contribution >= 4 is 30.5 Å². The number of esters is 1. The van der Waals surface area contributed by atoms with Crippen molar-refractivity contribution in [1.29, 1.82) is 0 Å². The van der Waals surface area contributed by atoms with Crippen LogP contribution in [0.15, 0.2) is 6.33 Å². The summed E-state index contributed by atoms with van der Waals surface area (Å²) in [5.74, 6) is -2.95. The molecule has 1 aliphatic heterocycles. The van der Waals surface area contributed by atoms with Crippen LogP contribution in [0.5, 0.6) is 0 Å². The number of nitrogen functional groups attached to an aromatic ring is 1. The molecule has 14 nitrogen and oxygen atoms in total. The average molecular weight is 447 g/mol. The van der Waals surface area contributed by atoms with Crippen LogP contribution in [0.1, 0.15) is 19.0 Å². The molecule has 15 heteroatoms. The Morgan fingerprint density at radius 1 is 1.37 bits per heavy atom. The molecule has 0 unspecified atom stereocenters. The molecule has 2 aromatic heterocycles. The van der Waals surface area contributed by atoms with Crippen LogP contribution in [0.2, 0.25) is 0 Å². The molecule has 30 heavy (non-hydrogen) atoms. The maximum absolute atomic E-state index is 11.8. The summed E-state index contributed by atoms with van der Waals surface area (Å²) >= 11 is 0. The predicted molar refractivity (Wildman–Crippen MR) is 98.8 cm³/mol. The first-order valence-electron chi connectivity index (χ1n) is 8.86. The molecule has 1 saturated heterocycles. The van der Waals surface area contributed by atoms with E-state index >= 15 is 0 Å². The Balaban J connectivity index is 1.79. The third kappa shape index (κ3) is 4.30. The number of anilines is 1. The number of carbonyl (C=O) groups excluding carboxylic acids is 1. The van der Waals surface area contributed by atoms with E-state index in [2.05, 4.69) is 19.7 Å². The SMILES string of the molecule is CCOC(=O)[C@H](OC[C@H]1O[C@@H](n2cnc3c(N)nc(C)nc32)[C@H](O)[C@@H]1O)P(=O)(O)O. The lowest BCUT2D eigenvalue weighted by Crippen LogP contribution is -2.36. The fourth-order valence-corrected chi connectivity index (χ4v) is 3.67. The van der Waals surface area contributed by atoms with Crippen LogP contribution in [0.25, 0.3) is 11.2 Å². The molecule has 1 fully saturated rings. The quantitative estimate of drug-likeness (QED) is 0.240. The molecule has 0 amide bonds. The van der Waals surface area contributed by atoms with Crippen molar-refractivity contribution in [3.63, 3.8) is 0 Å². The number of nitrogens with zero attached hydrogens (tertiary/aromatic N) is 4. The number of rotatable bonds is 7. The number of hydrogen-bond acceptors (Lipinski definition) is 11. The zero-order valence-electron chi connectivity index (χ0n) is 16.0. The van der Waals surface area contributed by atoms with Crippen molar-refractivity contribution in [2.45, 2.75) is 44.2 Å². The van der Waals surface area contributed by atoms with Gasteiger partial charge in [0.25, 0.3) is 5.85 Å². The molecule has 2 aromatic rings. The lowest BCUT2D eigenvalue weighted by molar-refractivity contribution is -0.155. The normalized spacial score (nSPS) is 25.5. The first kappa shape index (κ1) is 22.5. The number of aromatic nitrogens is 4. The highest BCUT2D eigenvalue weighted by Gasteiger charge is 2.46. The van der Waals surface area contributed by atoms with E-state index in [0.717, 1.165) is 0 Å². The summed E-state index contributed by atoms with van der Waals surface area (Å²) < 4.78 is 28.1. The van der Waals surface area contributed by atoms with Crippen molar-refractivity contribution in [3.05, 3.63) is 12.2 Å². The Hall–Kier alpha value is -2.19. The van der Waals surface area contributed by atoms with Crippen LogP contribution < -0.4 is 5.73 Å². The summed E-state index contributed by atoms with van der Waals surface area (Å²) in [5.41, 5.74) is 6.35. The second-order valence-electron chi connectivity index (χ2n) is 6.55. The van der Waals surface area contributed by atoms with Gasteiger partial charge < -0.3 is 39.9 Å². The van der Waals surface area contributed by atoms with Crippen LogP contribution in [0.3, 0.4) is 0 Å². The third-order valence-electron chi connectivity index (χ3n) is 4.38. The van der Waals surface area contributed by atoms with E-state index in [1.54, 1.807) is 6.92 Å². The Kier molecular flexibility index (Phi) is 6.38. The number of aliphatic hydroxyl groups is 2. The van der Waals surface area contributed by atoms with Crippen LogP contribution in [0.4, 0.5) is 5.82 Å². The van der Waals surface area contributed by atoms with Gasteiger partial charge in [-0.05, 0) is 13.8 Å². The largest absolute Gasteiger partial charge is 0.464 e. The van der Waals surface area contributed by atoms with Gasteiger partial charge in [-0.1, -0.05) is 0 Å². The van der Waals surface area contributed by atoms with Gasteiger partial charge in [0.1, 0.15) is 29.7 Å². The summed E-state index contributed by atoms with van der Waals surface area (Å²) in [6, 6.07) is 0. The van der Waals surface area contributed by atoms with Crippen LogP contribution in [-0.4, -0.2) is 82.9 Å². The lowest BCUT2D eigenvalue weighted by Gasteiger charge is -2.20. The van der Waals surface area contributed by atoms with Gasteiger partial charge >= 0.3 is 13.6 Å². The highest BCUT2D eigenvalue weighted by Crippen LogP contribution is 2.43. The Morgan fingerprint density at radius 2 is 2.07 bits per heavy atom. The molecule has 3 heterocycles. The number of carbonyl (C=O) groups is 1. The van der Waals surface area contributed by atoms with Gasteiger partial charge in [0, 0.05) is 0 Å². The fraction of sp³-hybridized carbons (Fsp3) is 0.600. The lowest BCUT2D eigenvalue weighted by atomic mass is 10.1. The molecule has 0 aromatic carbocycles. The molecular formula is C15H22N5O9P. The van der Waals surface area contributed by atoms with Crippen LogP contribution in [0, 0.1) is 6.92 Å². The number of nitrogens with two attached hydrogens (primary N) is 1. The van der Waals surface area contributed by atoms with E-state index < -0.39 is 50.6 Å². The summed E-state index contributed by atoms with van der Waals surface area (Å²) in [6.45, 7) is 2.36. The maximum atomic E-state index is 11.8. The van der Waals surface area contributed by atoms with E-state index in [1.165, 1.54) is 17.8 Å². The number of ether oxygens (including phenoxy) is 3. The highest BCUT2D eigenvalue weighted by atomic mass is 31.2. The number of aryl methyl sites for hydroxylation is 1. The van der Waals surface area contributed by atoms with Crippen molar-refractivity contribution in [2.24, 2.45) is 0 Å². The monoisotopic (exact) mass is 447 g/mol. The van der Waals surface area contributed by atoms with Gasteiger partial charge in [0.05, 0.1) is 19.5 Å². The van der Waals surface area contributed by atoms with Crippen LogP contribution >= 0.6 is 7.60 Å². The van der Waals surface area contributed by atoms with Gasteiger partial charge in [-0.2, -0.15) is 0 Å². The second-order valence-corrected chi connectivity index (χ2v) is 8.20. The molecule has 0 bridgehead atoms. The summed E-state index contributed by atoms with van der Waals surface area (Å²) in [7, 11) is -5.00. The van der Waals surface area contributed by atoms with E-state index in [-0.39, 0.29) is 23.6 Å². The van der Waals surface area contributed by atoms with Gasteiger partial charge in [-0.3, -0.25) is 9.13 Å². The van der Waals surface area contributed by atoms with E-state index in [0.29, 0.717) is 5.82 Å². The molecule has 0 aliphatic carbocycles. The van der Waals surface area contributed by atoms with E-state index in [9.17, 15) is 29.4 Å². The van der Waals surface area contributed by atoms with Crippen molar-refractivity contribution in [3.8, 4) is 0 Å². The minimum atomic E-state index is -5.00. The van der Waals surface area contributed by atoms with Gasteiger partial charge in [0.2, 0.25) is 0 Å². The van der Waals surface area contributed by atoms with Crippen LogP contribution in [-0.2, 0) is 23.6 Å². The average Bonchev–Trinajstić information content (AvgIpc) is 3.17. The fourth-order valence-electron chi connectivity index (χ4n) is 3.04. The number of aliphatic hydroxyl groups excluding tert-OH is 2. The molecular weight excluding hydrogens is 425 g/mol. The van der Waals surface area contributed by atoms with Crippen molar-refractivity contribution in [1.82, 2.24) is 19.5 Å². The minimum absolute atomic E-state index is 0.111. The first-order valence-corrected chi connectivity index (χ1v) is 10.5. The van der Waals surface area contributed by atoms with Gasteiger partial charge in [-0.25, -0.2) is 19.7 Å². The number of hydrogen-bond donors (Lipinski definition) is 5. The Bertz CT molecular complexity index is 979. The molecule has 1 aliphatic rings. The van der Waals surface area contributed by atoms with Gasteiger partial charge in [0.15, 0.2) is 17.7 Å². The smallest absolute Gasteiger partial charge is 0.365 e. The maximum Gasteiger partial charge on any atom is 0.365 e. The zero-order valence-corrected chi connectivity index (χ0v) is 16.9. The second kappa shape index (κ2) is 8.51. The minimum Gasteiger partial charge on any atom is -0.464 e. The van der Waals surface area contributed by atoms with Gasteiger partial charge in [-0.15, -0.1) is 0 Å². The Morgan fingerprint density at radius 3 is 2.70 bits per heavy atom. The van der Waals surface area contributed by atoms with E-state index in [4.69, 9.17) is 15.2 Å². The molecule has 3 rings (SSSR count). The molecule has 0 radical (unpaired) electrons. The topological polar surface area (TPSA) is 212 Å². The zero-order chi connectivity index (χ0) is 22.2. The predicted octanol–water partition coefficient (Wildman–Crippen LogP) is -1.58. The molecule has 0 spiro atoms. The molecule has 0 saturated carbocycles. The summed E-state index contributed by atoms with van der Waals surface area (Å²) in [4.78, 5) is 42.7.